The second-order valence-electron chi connectivity index (χ2n) is 8.22. The second kappa shape index (κ2) is 7.66. The van der Waals surface area contributed by atoms with Gasteiger partial charge in [0.15, 0.2) is 0 Å². The molecule has 4 rings (SSSR count). The predicted molar refractivity (Wildman–Crippen MR) is 109 cm³/mol. The van der Waals surface area contributed by atoms with Gasteiger partial charge in [0.25, 0.3) is 5.91 Å². The highest BCUT2D eigenvalue weighted by Gasteiger charge is 2.40. The van der Waals surface area contributed by atoms with Gasteiger partial charge in [0.05, 0.1) is 0 Å². The number of phenolic OH excluding ortho intramolecular Hbond substituents is 1. The van der Waals surface area contributed by atoms with Gasteiger partial charge in [-0.15, -0.1) is 0 Å². The highest BCUT2D eigenvalue weighted by atomic mass is 16.3. The molecular weight excluding hydrogens is 352 g/mol. The first-order valence-corrected chi connectivity index (χ1v) is 9.99. The standard InChI is InChI=1S/C23H26N2O3/c1-14-2-7-19(24-22(27)12-18-11-15-3-4-17(18)10-15)13-21(14)25-23(28)16-5-8-20(26)9-6-16/h2,5-9,13,15,17-18,26H,3-4,10-12H2,1H3,(H,24,27)(H,25,28). The molecule has 28 heavy (non-hydrogen) atoms. The zero-order valence-corrected chi connectivity index (χ0v) is 16.1. The molecule has 0 saturated heterocycles. The van der Waals surface area contributed by atoms with Crippen molar-refractivity contribution in [3.8, 4) is 5.75 Å². The number of hydrogen-bond donors (Lipinski definition) is 3. The Bertz CT molecular complexity index is 891. The maximum atomic E-state index is 12.5. The molecule has 2 aliphatic carbocycles. The summed E-state index contributed by atoms with van der Waals surface area (Å²) in [5.74, 6) is 2.01. The van der Waals surface area contributed by atoms with Crippen LogP contribution in [0.1, 0.15) is 48.0 Å². The second-order valence-corrected chi connectivity index (χ2v) is 8.22. The van der Waals surface area contributed by atoms with E-state index < -0.39 is 0 Å². The van der Waals surface area contributed by atoms with Gasteiger partial charge in [0.1, 0.15) is 5.75 Å². The molecule has 0 aliphatic heterocycles. The Morgan fingerprint density at radius 3 is 2.50 bits per heavy atom. The first-order valence-electron chi connectivity index (χ1n) is 9.99. The van der Waals surface area contributed by atoms with Crippen molar-refractivity contribution in [3.05, 3.63) is 53.6 Å². The number of carbonyl (C=O) groups is 2. The van der Waals surface area contributed by atoms with E-state index in [1.54, 1.807) is 18.2 Å². The third-order valence-electron chi connectivity index (χ3n) is 6.23. The fourth-order valence-electron chi connectivity index (χ4n) is 4.72. The summed E-state index contributed by atoms with van der Waals surface area (Å²) in [5.41, 5.74) is 2.73. The van der Waals surface area contributed by atoms with Crippen molar-refractivity contribution in [2.24, 2.45) is 17.8 Å². The highest BCUT2D eigenvalue weighted by Crippen LogP contribution is 2.49. The lowest BCUT2D eigenvalue weighted by Crippen LogP contribution is -2.20. The minimum atomic E-state index is -0.256. The van der Waals surface area contributed by atoms with E-state index in [1.807, 2.05) is 19.1 Å². The first kappa shape index (κ1) is 18.5. The number of nitrogens with one attached hydrogen (secondary N) is 2. The van der Waals surface area contributed by atoms with Crippen LogP contribution >= 0.6 is 0 Å². The molecule has 3 unspecified atom stereocenters. The van der Waals surface area contributed by atoms with Crippen molar-refractivity contribution in [2.45, 2.75) is 39.0 Å². The van der Waals surface area contributed by atoms with Crippen LogP contribution in [-0.2, 0) is 4.79 Å². The van der Waals surface area contributed by atoms with Crippen molar-refractivity contribution in [3.63, 3.8) is 0 Å². The zero-order chi connectivity index (χ0) is 19.7. The molecule has 3 N–H and O–H groups in total. The van der Waals surface area contributed by atoms with E-state index in [-0.39, 0.29) is 17.6 Å². The highest BCUT2D eigenvalue weighted by molar-refractivity contribution is 6.05. The first-order chi connectivity index (χ1) is 13.5. The molecule has 0 aromatic heterocycles. The van der Waals surface area contributed by atoms with Crippen molar-refractivity contribution in [1.82, 2.24) is 0 Å². The number of amides is 2. The number of aryl methyl sites for hydroxylation is 1. The Morgan fingerprint density at radius 1 is 1.04 bits per heavy atom. The van der Waals surface area contributed by atoms with Crippen LogP contribution in [0.2, 0.25) is 0 Å². The van der Waals surface area contributed by atoms with Gasteiger partial charge >= 0.3 is 0 Å². The van der Waals surface area contributed by atoms with Gasteiger partial charge in [-0.05, 0) is 85.9 Å². The molecule has 2 amide bonds. The summed E-state index contributed by atoms with van der Waals surface area (Å²) < 4.78 is 0. The van der Waals surface area contributed by atoms with Crippen LogP contribution in [-0.4, -0.2) is 16.9 Å². The van der Waals surface area contributed by atoms with E-state index in [4.69, 9.17) is 0 Å². The Morgan fingerprint density at radius 2 is 1.82 bits per heavy atom. The summed E-state index contributed by atoms with van der Waals surface area (Å²) >= 11 is 0. The molecule has 2 saturated carbocycles. The van der Waals surface area contributed by atoms with E-state index >= 15 is 0 Å². The molecule has 146 valence electrons. The summed E-state index contributed by atoms with van der Waals surface area (Å²) in [5, 5.41) is 15.2. The topological polar surface area (TPSA) is 78.4 Å². The number of hydrogen-bond acceptors (Lipinski definition) is 3. The Labute approximate surface area is 165 Å². The summed E-state index contributed by atoms with van der Waals surface area (Å²) in [6.45, 7) is 1.91. The third-order valence-corrected chi connectivity index (χ3v) is 6.23. The van der Waals surface area contributed by atoms with Crippen LogP contribution in [0.4, 0.5) is 11.4 Å². The minimum absolute atomic E-state index is 0.0530. The van der Waals surface area contributed by atoms with E-state index in [2.05, 4.69) is 10.6 Å². The normalized spacial score (nSPS) is 22.8. The van der Waals surface area contributed by atoms with Gasteiger partial charge in [-0.3, -0.25) is 9.59 Å². The fourth-order valence-corrected chi connectivity index (χ4v) is 4.72. The number of carbonyl (C=O) groups excluding carboxylic acids is 2. The Balaban J connectivity index is 1.39. The summed E-state index contributed by atoms with van der Waals surface area (Å²) in [6, 6.07) is 11.7. The van der Waals surface area contributed by atoms with Crippen molar-refractivity contribution >= 4 is 23.2 Å². The van der Waals surface area contributed by atoms with Gasteiger partial charge in [-0.1, -0.05) is 12.5 Å². The van der Waals surface area contributed by atoms with Gasteiger partial charge < -0.3 is 15.7 Å². The number of benzene rings is 2. The number of aromatic hydroxyl groups is 1. The van der Waals surface area contributed by atoms with Crippen molar-refractivity contribution in [2.75, 3.05) is 10.6 Å². The molecule has 3 atom stereocenters. The van der Waals surface area contributed by atoms with E-state index in [0.29, 0.717) is 29.3 Å². The average Bonchev–Trinajstić information content (AvgIpc) is 3.28. The van der Waals surface area contributed by atoms with Crippen LogP contribution in [0.15, 0.2) is 42.5 Å². The van der Waals surface area contributed by atoms with Crippen LogP contribution in [0, 0.1) is 24.7 Å². The largest absolute Gasteiger partial charge is 0.508 e. The fraction of sp³-hybridized carbons (Fsp3) is 0.391. The lowest BCUT2D eigenvalue weighted by Gasteiger charge is -2.21. The minimum Gasteiger partial charge on any atom is -0.508 e. The lowest BCUT2D eigenvalue weighted by molar-refractivity contribution is -0.117. The molecule has 0 radical (unpaired) electrons. The van der Waals surface area contributed by atoms with Crippen molar-refractivity contribution in [1.29, 1.82) is 0 Å². The van der Waals surface area contributed by atoms with Gasteiger partial charge in [0, 0.05) is 23.4 Å². The van der Waals surface area contributed by atoms with E-state index in [1.165, 1.54) is 37.8 Å². The SMILES string of the molecule is Cc1ccc(NC(=O)CC2CC3CCC2C3)cc1NC(=O)c1ccc(O)cc1. The summed E-state index contributed by atoms with van der Waals surface area (Å²) in [6.07, 6.45) is 5.70. The molecule has 2 aromatic carbocycles. The quantitative estimate of drug-likeness (QED) is 0.704. The molecule has 5 heteroatoms. The smallest absolute Gasteiger partial charge is 0.255 e. The molecule has 0 heterocycles. The Hall–Kier alpha value is -2.82. The van der Waals surface area contributed by atoms with Crippen LogP contribution in [0.3, 0.4) is 0 Å². The molecule has 0 spiro atoms. The maximum Gasteiger partial charge on any atom is 0.255 e. The van der Waals surface area contributed by atoms with Gasteiger partial charge in [0.2, 0.25) is 5.91 Å². The van der Waals surface area contributed by atoms with E-state index in [0.717, 1.165) is 17.4 Å². The molecule has 2 aromatic rings. The summed E-state index contributed by atoms with van der Waals surface area (Å²) in [4.78, 5) is 24.9. The van der Waals surface area contributed by atoms with E-state index in [9.17, 15) is 14.7 Å². The van der Waals surface area contributed by atoms with Crippen LogP contribution in [0.25, 0.3) is 0 Å². The molecule has 5 nitrogen and oxygen atoms in total. The predicted octanol–water partition coefficient (Wildman–Crippen LogP) is 4.72. The zero-order valence-electron chi connectivity index (χ0n) is 16.1. The molecular formula is C23H26N2O3. The maximum absolute atomic E-state index is 12.5. The molecule has 2 aliphatic rings. The van der Waals surface area contributed by atoms with Crippen LogP contribution in [0.5, 0.6) is 5.75 Å². The van der Waals surface area contributed by atoms with Gasteiger partial charge in [-0.25, -0.2) is 0 Å². The Kier molecular flexibility index (Phi) is 5.07. The van der Waals surface area contributed by atoms with Gasteiger partial charge in [-0.2, -0.15) is 0 Å². The number of anilines is 2. The molecule has 2 fully saturated rings. The monoisotopic (exact) mass is 378 g/mol. The van der Waals surface area contributed by atoms with Crippen molar-refractivity contribution < 1.29 is 14.7 Å². The summed E-state index contributed by atoms with van der Waals surface area (Å²) in [7, 11) is 0. The average molecular weight is 378 g/mol. The number of fused-ring (bicyclic) bond motifs is 2. The lowest BCUT2D eigenvalue weighted by atomic mass is 9.86. The number of rotatable bonds is 5. The van der Waals surface area contributed by atoms with Crippen LogP contribution < -0.4 is 10.6 Å². The molecule has 2 bridgehead atoms. The third kappa shape index (κ3) is 4.03. The number of phenols is 1.